The van der Waals surface area contributed by atoms with E-state index in [-0.39, 0.29) is 0 Å². The number of ether oxygens (including phenoxy) is 1. The molecular formula is C19H32N4O. The van der Waals surface area contributed by atoms with Crippen LogP contribution in [-0.4, -0.2) is 51.2 Å². The Balaban J connectivity index is 2.02. The molecule has 1 saturated heterocycles. The maximum Gasteiger partial charge on any atom is 0.191 e. The van der Waals surface area contributed by atoms with E-state index >= 15 is 0 Å². The van der Waals surface area contributed by atoms with Gasteiger partial charge in [0.1, 0.15) is 5.75 Å². The average Bonchev–Trinajstić information content (AvgIpc) is 3.12. The smallest absolute Gasteiger partial charge is 0.191 e. The van der Waals surface area contributed by atoms with Crippen molar-refractivity contribution in [2.24, 2.45) is 10.9 Å². The van der Waals surface area contributed by atoms with Gasteiger partial charge in [0, 0.05) is 20.1 Å². The molecule has 1 unspecified atom stereocenters. The number of methoxy groups -OCH3 is 1. The summed E-state index contributed by atoms with van der Waals surface area (Å²) in [5.41, 5.74) is 1.32. The first kappa shape index (κ1) is 18.6. The van der Waals surface area contributed by atoms with E-state index in [0.717, 1.165) is 37.9 Å². The van der Waals surface area contributed by atoms with Crippen molar-refractivity contribution in [2.75, 3.05) is 40.3 Å². The summed E-state index contributed by atoms with van der Waals surface area (Å²) in [4.78, 5) is 6.90. The van der Waals surface area contributed by atoms with Crippen LogP contribution in [0.5, 0.6) is 5.75 Å². The maximum atomic E-state index is 5.29. The topological polar surface area (TPSA) is 48.9 Å². The van der Waals surface area contributed by atoms with E-state index in [1.807, 2.05) is 19.2 Å². The van der Waals surface area contributed by atoms with Crippen LogP contribution in [0.3, 0.4) is 0 Å². The van der Waals surface area contributed by atoms with Crippen LogP contribution in [0, 0.1) is 5.92 Å². The molecule has 1 fully saturated rings. The lowest BCUT2D eigenvalue weighted by Crippen LogP contribution is -2.43. The van der Waals surface area contributed by atoms with Gasteiger partial charge in [-0.15, -0.1) is 0 Å². The summed E-state index contributed by atoms with van der Waals surface area (Å²) >= 11 is 0. The molecule has 0 amide bonds. The van der Waals surface area contributed by atoms with Gasteiger partial charge < -0.3 is 15.4 Å². The fourth-order valence-corrected chi connectivity index (χ4v) is 3.05. The summed E-state index contributed by atoms with van der Waals surface area (Å²) in [5.74, 6) is 2.38. The fraction of sp³-hybridized carbons (Fsp3) is 0.632. The summed E-state index contributed by atoms with van der Waals surface area (Å²) in [6, 6.07) is 8.80. The van der Waals surface area contributed by atoms with Crippen LogP contribution in [-0.2, 0) is 0 Å². The number of hydrogen-bond donors (Lipinski definition) is 2. The SMILES string of the molecule is CN=C(NCC(C)C)NCC(c1ccc(OC)cc1)N1CCCC1. The molecule has 1 heterocycles. The second-order valence-electron chi connectivity index (χ2n) is 6.76. The highest BCUT2D eigenvalue weighted by Crippen LogP contribution is 2.26. The van der Waals surface area contributed by atoms with Crippen molar-refractivity contribution in [3.63, 3.8) is 0 Å². The van der Waals surface area contributed by atoms with E-state index in [4.69, 9.17) is 4.74 Å². The standard InChI is InChI=1S/C19H32N4O/c1-15(2)13-21-19(20-3)22-14-18(23-11-5-6-12-23)16-7-9-17(24-4)10-8-16/h7-10,15,18H,5-6,11-14H2,1-4H3,(H2,20,21,22). The molecule has 0 saturated carbocycles. The predicted molar refractivity (Wildman–Crippen MR) is 101 cm³/mol. The molecule has 0 aliphatic carbocycles. The fourth-order valence-electron chi connectivity index (χ4n) is 3.05. The molecule has 1 aromatic carbocycles. The molecule has 1 atom stereocenters. The summed E-state index contributed by atoms with van der Waals surface area (Å²) < 4.78 is 5.29. The van der Waals surface area contributed by atoms with E-state index in [1.165, 1.54) is 18.4 Å². The van der Waals surface area contributed by atoms with Crippen LogP contribution in [0.2, 0.25) is 0 Å². The van der Waals surface area contributed by atoms with Crippen molar-refractivity contribution in [1.82, 2.24) is 15.5 Å². The number of likely N-dealkylation sites (tertiary alicyclic amines) is 1. The molecule has 134 valence electrons. The summed E-state index contributed by atoms with van der Waals surface area (Å²) in [6.45, 7) is 8.50. The minimum atomic E-state index is 0.357. The zero-order valence-electron chi connectivity index (χ0n) is 15.5. The molecule has 5 heteroatoms. The van der Waals surface area contributed by atoms with Gasteiger partial charge >= 0.3 is 0 Å². The molecule has 2 N–H and O–H groups in total. The zero-order valence-corrected chi connectivity index (χ0v) is 15.5. The van der Waals surface area contributed by atoms with E-state index in [2.05, 4.69) is 46.5 Å². The van der Waals surface area contributed by atoms with Gasteiger partial charge in [-0.05, 0) is 49.5 Å². The monoisotopic (exact) mass is 332 g/mol. The van der Waals surface area contributed by atoms with E-state index in [0.29, 0.717) is 12.0 Å². The first-order valence-electron chi connectivity index (χ1n) is 8.96. The molecule has 1 aliphatic rings. The van der Waals surface area contributed by atoms with Crippen LogP contribution in [0.1, 0.15) is 38.3 Å². The lowest BCUT2D eigenvalue weighted by atomic mass is 10.1. The second-order valence-corrected chi connectivity index (χ2v) is 6.76. The van der Waals surface area contributed by atoms with Crippen LogP contribution in [0.15, 0.2) is 29.3 Å². The molecular weight excluding hydrogens is 300 g/mol. The number of aliphatic imine (C=N–C) groups is 1. The predicted octanol–water partition coefficient (Wildman–Crippen LogP) is 2.65. The number of hydrogen-bond acceptors (Lipinski definition) is 3. The van der Waals surface area contributed by atoms with Crippen molar-refractivity contribution < 1.29 is 4.74 Å². The van der Waals surface area contributed by atoms with Crippen LogP contribution in [0.25, 0.3) is 0 Å². The maximum absolute atomic E-state index is 5.29. The Morgan fingerprint density at radius 2 is 1.75 bits per heavy atom. The molecule has 1 aromatic rings. The third-order valence-electron chi connectivity index (χ3n) is 4.45. The molecule has 0 bridgehead atoms. The largest absolute Gasteiger partial charge is 0.497 e. The van der Waals surface area contributed by atoms with E-state index in [9.17, 15) is 0 Å². The Kier molecular flexibility index (Phi) is 7.37. The van der Waals surface area contributed by atoms with Crippen LogP contribution in [0.4, 0.5) is 0 Å². The Morgan fingerprint density at radius 3 is 2.29 bits per heavy atom. The van der Waals surface area contributed by atoms with Gasteiger partial charge in [-0.25, -0.2) is 0 Å². The summed E-state index contributed by atoms with van der Waals surface area (Å²) in [7, 11) is 3.53. The minimum Gasteiger partial charge on any atom is -0.497 e. The number of nitrogens with one attached hydrogen (secondary N) is 2. The highest BCUT2D eigenvalue weighted by molar-refractivity contribution is 5.79. The van der Waals surface area contributed by atoms with Crippen molar-refractivity contribution in [2.45, 2.75) is 32.7 Å². The number of rotatable bonds is 7. The van der Waals surface area contributed by atoms with Crippen molar-refractivity contribution in [3.8, 4) is 5.75 Å². The highest BCUT2D eigenvalue weighted by atomic mass is 16.5. The molecule has 5 nitrogen and oxygen atoms in total. The summed E-state index contributed by atoms with van der Waals surface area (Å²) in [5, 5.41) is 6.88. The minimum absolute atomic E-state index is 0.357. The average molecular weight is 332 g/mol. The summed E-state index contributed by atoms with van der Waals surface area (Å²) in [6.07, 6.45) is 2.57. The van der Waals surface area contributed by atoms with Crippen LogP contribution < -0.4 is 15.4 Å². The third-order valence-corrected chi connectivity index (χ3v) is 4.45. The van der Waals surface area contributed by atoms with Gasteiger partial charge in [0.2, 0.25) is 0 Å². The first-order chi connectivity index (χ1) is 11.6. The van der Waals surface area contributed by atoms with Gasteiger partial charge in [-0.1, -0.05) is 26.0 Å². The molecule has 2 rings (SSSR count). The Morgan fingerprint density at radius 1 is 1.12 bits per heavy atom. The number of benzene rings is 1. The Bertz CT molecular complexity index is 507. The third kappa shape index (κ3) is 5.41. The normalized spacial score (nSPS) is 17.1. The quantitative estimate of drug-likeness (QED) is 0.595. The first-order valence-corrected chi connectivity index (χ1v) is 8.96. The molecule has 0 spiro atoms. The van der Waals surface area contributed by atoms with Crippen molar-refractivity contribution in [1.29, 1.82) is 0 Å². The molecule has 24 heavy (non-hydrogen) atoms. The molecule has 1 aliphatic heterocycles. The Labute approximate surface area is 146 Å². The van der Waals surface area contributed by atoms with E-state index < -0.39 is 0 Å². The van der Waals surface area contributed by atoms with Gasteiger partial charge in [-0.2, -0.15) is 0 Å². The van der Waals surface area contributed by atoms with Crippen molar-refractivity contribution >= 4 is 5.96 Å². The van der Waals surface area contributed by atoms with Gasteiger partial charge in [0.05, 0.1) is 13.2 Å². The number of nitrogens with zero attached hydrogens (tertiary/aromatic N) is 2. The Hall–Kier alpha value is -1.75. The van der Waals surface area contributed by atoms with Gasteiger partial charge in [0.15, 0.2) is 5.96 Å². The van der Waals surface area contributed by atoms with Crippen LogP contribution >= 0.6 is 0 Å². The van der Waals surface area contributed by atoms with E-state index in [1.54, 1.807) is 7.11 Å². The lowest BCUT2D eigenvalue weighted by Gasteiger charge is -2.29. The second kappa shape index (κ2) is 9.52. The molecule has 0 radical (unpaired) electrons. The zero-order chi connectivity index (χ0) is 17.4. The lowest BCUT2D eigenvalue weighted by molar-refractivity contribution is 0.245. The van der Waals surface area contributed by atoms with Gasteiger partial charge in [0.25, 0.3) is 0 Å². The molecule has 0 aromatic heterocycles. The number of guanidine groups is 1. The van der Waals surface area contributed by atoms with Gasteiger partial charge in [-0.3, -0.25) is 9.89 Å². The van der Waals surface area contributed by atoms with Crippen molar-refractivity contribution in [3.05, 3.63) is 29.8 Å². The highest BCUT2D eigenvalue weighted by Gasteiger charge is 2.23.